The van der Waals surface area contributed by atoms with E-state index in [0.29, 0.717) is 13.1 Å². The molecule has 1 amide bonds. The van der Waals surface area contributed by atoms with Gasteiger partial charge in [0.25, 0.3) is 0 Å². The molecule has 6 heteroatoms. The number of aryl methyl sites for hydroxylation is 1. The molecule has 0 saturated carbocycles. The summed E-state index contributed by atoms with van der Waals surface area (Å²) in [6.07, 6.45) is -0.780. The van der Waals surface area contributed by atoms with Crippen LogP contribution in [0.1, 0.15) is 5.56 Å². The number of nitrogens with one attached hydrogen (secondary N) is 1. The van der Waals surface area contributed by atoms with Crippen LogP contribution in [0.4, 0.5) is 10.5 Å². The maximum Gasteiger partial charge on any atom is 0.407 e. The maximum atomic E-state index is 11.0. The first-order chi connectivity index (χ1) is 9.04. The molecule has 1 aromatic rings. The minimum atomic E-state index is -0.919. The van der Waals surface area contributed by atoms with Gasteiger partial charge in [0, 0.05) is 5.69 Å². The Hall–Kier alpha value is -2.24. The fourth-order valence-corrected chi connectivity index (χ4v) is 1.96. The van der Waals surface area contributed by atoms with Crippen LogP contribution < -0.4 is 10.2 Å². The van der Waals surface area contributed by atoms with Crippen molar-refractivity contribution in [1.82, 2.24) is 5.32 Å². The standard InChI is InChI=1S/C13H16N2O4/c1-9-2-4-10(5-3-9)15(8-12(16)17)7-11-6-14-13(18)19-11/h2-5,11H,6-8H2,1H3,(H,14,18)(H,16,17). The molecule has 0 radical (unpaired) electrons. The highest BCUT2D eigenvalue weighted by Crippen LogP contribution is 2.16. The molecule has 1 heterocycles. The Kier molecular flexibility index (Phi) is 3.89. The van der Waals surface area contributed by atoms with Crippen molar-refractivity contribution >= 4 is 17.7 Å². The molecule has 1 aromatic carbocycles. The number of carboxylic acids is 1. The van der Waals surface area contributed by atoms with Crippen LogP contribution in [0.3, 0.4) is 0 Å². The van der Waals surface area contributed by atoms with Crippen LogP contribution in [0.2, 0.25) is 0 Å². The molecular weight excluding hydrogens is 248 g/mol. The van der Waals surface area contributed by atoms with Crippen LogP contribution in [0.5, 0.6) is 0 Å². The van der Waals surface area contributed by atoms with Crippen molar-refractivity contribution in [2.75, 3.05) is 24.5 Å². The Morgan fingerprint density at radius 3 is 2.68 bits per heavy atom. The summed E-state index contributed by atoms with van der Waals surface area (Å²) >= 11 is 0. The topological polar surface area (TPSA) is 78.9 Å². The normalized spacial score (nSPS) is 17.7. The van der Waals surface area contributed by atoms with Crippen LogP contribution in [-0.4, -0.2) is 42.9 Å². The van der Waals surface area contributed by atoms with Gasteiger partial charge in [-0.2, -0.15) is 0 Å². The second-order valence-electron chi connectivity index (χ2n) is 4.52. The van der Waals surface area contributed by atoms with Gasteiger partial charge in [0.05, 0.1) is 13.1 Å². The molecule has 1 fully saturated rings. The number of amides is 1. The van der Waals surface area contributed by atoms with E-state index in [9.17, 15) is 9.59 Å². The molecule has 102 valence electrons. The van der Waals surface area contributed by atoms with Crippen molar-refractivity contribution in [3.05, 3.63) is 29.8 Å². The van der Waals surface area contributed by atoms with Gasteiger partial charge in [-0.3, -0.25) is 4.79 Å². The lowest BCUT2D eigenvalue weighted by atomic mass is 10.2. The Morgan fingerprint density at radius 1 is 1.47 bits per heavy atom. The average molecular weight is 264 g/mol. The summed E-state index contributed by atoms with van der Waals surface area (Å²) in [7, 11) is 0. The minimum Gasteiger partial charge on any atom is -0.480 e. The zero-order valence-electron chi connectivity index (χ0n) is 10.6. The summed E-state index contributed by atoms with van der Waals surface area (Å²) in [5.41, 5.74) is 1.91. The van der Waals surface area contributed by atoms with E-state index in [2.05, 4.69) is 5.32 Å². The lowest BCUT2D eigenvalue weighted by Gasteiger charge is -2.25. The van der Waals surface area contributed by atoms with Gasteiger partial charge in [0.2, 0.25) is 0 Å². The Morgan fingerprint density at radius 2 is 2.16 bits per heavy atom. The number of hydrogen-bond donors (Lipinski definition) is 2. The van der Waals surface area contributed by atoms with Crippen LogP contribution >= 0.6 is 0 Å². The number of benzene rings is 1. The van der Waals surface area contributed by atoms with Crippen LogP contribution in [0.15, 0.2) is 24.3 Å². The summed E-state index contributed by atoms with van der Waals surface area (Å²) < 4.78 is 5.03. The lowest BCUT2D eigenvalue weighted by Crippen LogP contribution is -2.37. The number of aliphatic carboxylic acids is 1. The van der Waals surface area contributed by atoms with Gasteiger partial charge < -0.3 is 20.1 Å². The molecule has 2 N–H and O–H groups in total. The third-order valence-corrected chi connectivity index (χ3v) is 2.90. The quantitative estimate of drug-likeness (QED) is 0.829. The zero-order valence-corrected chi connectivity index (χ0v) is 10.6. The molecule has 0 spiro atoms. The van der Waals surface area contributed by atoms with Gasteiger partial charge in [-0.05, 0) is 19.1 Å². The number of anilines is 1. The van der Waals surface area contributed by atoms with E-state index in [1.807, 2.05) is 31.2 Å². The maximum absolute atomic E-state index is 11.0. The molecule has 0 bridgehead atoms. The molecule has 1 aliphatic heterocycles. The predicted molar refractivity (Wildman–Crippen MR) is 69.3 cm³/mol. The second-order valence-corrected chi connectivity index (χ2v) is 4.52. The van der Waals surface area contributed by atoms with Crippen molar-refractivity contribution < 1.29 is 19.4 Å². The largest absolute Gasteiger partial charge is 0.480 e. The van der Waals surface area contributed by atoms with Gasteiger partial charge >= 0.3 is 12.1 Å². The monoisotopic (exact) mass is 264 g/mol. The molecule has 0 aliphatic carbocycles. The Labute approximate surface area is 111 Å². The third kappa shape index (κ3) is 3.61. The molecule has 6 nitrogen and oxygen atoms in total. The van der Waals surface area contributed by atoms with E-state index >= 15 is 0 Å². The van der Waals surface area contributed by atoms with E-state index in [4.69, 9.17) is 9.84 Å². The number of nitrogens with zero attached hydrogens (tertiary/aromatic N) is 1. The molecular formula is C13H16N2O4. The number of carbonyl (C=O) groups is 2. The van der Waals surface area contributed by atoms with Crippen molar-refractivity contribution in [2.24, 2.45) is 0 Å². The van der Waals surface area contributed by atoms with Crippen LogP contribution in [0, 0.1) is 6.92 Å². The van der Waals surface area contributed by atoms with E-state index in [1.165, 1.54) is 0 Å². The van der Waals surface area contributed by atoms with Crippen molar-refractivity contribution in [3.63, 3.8) is 0 Å². The third-order valence-electron chi connectivity index (χ3n) is 2.90. The Bertz CT molecular complexity index is 472. The van der Waals surface area contributed by atoms with E-state index < -0.39 is 12.1 Å². The predicted octanol–water partition coefficient (Wildman–Crippen LogP) is 0.994. The van der Waals surface area contributed by atoms with E-state index in [1.54, 1.807) is 4.90 Å². The zero-order chi connectivity index (χ0) is 13.8. The summed E-state index contributed by atoms with van der Waals surface area (Å²) in [5.74, 6) is -0.919. The van der Waals surface area contributed by atoms with Gasteiger partial charge in [-0.25, -0.2) is 4.79 Å². The highest BCUT2D eigenvalue weighted by atomic mass is 16.6. The van der Waals surface area contributed by atoms with Crippen LogP contribution in [-0.2, 0) is 9.53 Å². The highest BCUT2D eigenvalue weighted by Gasteiger charge is 2.25. The molecule has 19 heavy (non-hydrogen) atoms. The minimum absolute atomic E-state index is 0.128. The van der Waals surface area contributed by atoms with Gasteiger partial charge in [0.15, 0.2) is 0 Å². The van der Waals surface area contributed by atoms with E-state index in [0.717, 1.165) is 11.3 Å². The summed E-state index contributed by atoms with van der Waals surface area (Å²) in [4.78, 5) is 23.6. The molecule has 1 saturated heterocycles. The molecule has 0 aromatic heterocycles. The average Bonchev–Trinajstić information content (AvgIpc) is 2.74. The van der Waals surface area contributed by atoms with Gasteiger partial charge in [-0.15, -0.1) is 0 Å². The fraction of sp³-hybridized carbons (Fsp3) is 0.385. The number of rotatable bonds is 5. The molecule has 1 unspecified atom stereocenters. The summed E-state index contributed by atoms with van der Waals surface area (Å²) in [6.45, 7) is 2.60. The smallest absolute Gasteiger partial charge is 0.407 e. The first-order valence-corrected chi connectivity index (χ1v) is 6.02. The first kappa shape index (κ1) is 13.2. The number of cyclic esters (lactones) is 1. The first-order valence-electron chi connectivity index (χ1n) is 6.02. The second kappa shape index (κ2) is 5.60. The fourth-order valence-electron chi connectivity index (χ4n) is 1.96. The summed E-state index contributed by atoms with van der Waals surface area (Å²) in [5, 5.41) is 11.5. The number of carbonyl (C=O) groups excluding carboxylic acids is 1. The van der Waals surface area contributed by atoms with Gasteiger partial charge in [0.1, 0.15) is 12.6 Å². The number of carboxylic acid groups (broad SMARTS) is 1. The molecule has 1 aliphatic rings. The summed E-state index contributed by atoms with van der Waals surface area (Å²) in [6, 6.07) is 7.57. The molecule has 1 atom stereocenters. The van der Waals surface area contributed by atoms with Gasteiger partial charge in [-0.1, -0.05) is 17.7 Å². The van der Waals surface area contributed by atoms with E-state index in [-0.39, 0.29) is 12.6 Å². The SMILES string of the molecule is Cc1ccc(N(CC(=O)O)CC2CNC(=O)O2)cc1. The molecule has 2 rings (SSSR count). The number of alkyl carbamates (subject to hydrolysis) is 1. The van der Waals surface area contributed by atoms with Crippen molar-refractivity contribution in [1.29, 1.82) is 0 Å². The number of ether oxygens (including phenoxy) is 1. The van der Waals surface area contributed by atoms with Crippen molar-refractivity contribution in [3.8, 4) is 0 Å². The lowest BCUT2D eigenvalue weighted by molar-refractivity contribution is -0.135. The van der Waals surface area contributed by atoms with Crippen molar-refractivity contribution in [2.45, 2.75) is 13.0 Å². The van der Waals surface area contributed by atoms with Crippen LogP contribution in [0.25, 0.3) is 0 Å². The highest BCUT2D eigenvalue weighted by molar-refractivity contribution is 5.74. The number of hydrogen-bond acceptors (Lipinski definition) is 4. The Balaban J connectivity index is 2.09.